The number of carbonyl (C=O) groups is 2. The molecule has 0 bridgehead atoms. The van der Waals surface area contributed by atoms with Crippen LogP contribution in [0.25, 0.3) is 22.2 Å². The Kier molecular flexibility index (Phi) is 6.67. The van der Waals surface area contributed by atoms with Crippen LogP contribution in [-0.2, 0) is 4.79 Å². The van der Waals surface area contributed by atoms with Crippen molar-refractivity contribution >= 4 is 28.4 Å². The Bertz CT molecular complexity index is 1410. The number of piperidine rings is 1. The first kappa shape index (κ1) is 23.5. The lowest BCUT2D eigenvalue weighted by Crippen LogP contribution is -2.41. The summed E-state index contributed by atoms with van der Waals surface area (Å²) in [5, 5.41) is 3.83. The fourth-order valence-corrected chi connectivity index (χ4v) is 4.72. The van der Waals surface area contributed by atoms with E-state index in [4.69, 9.17) is 9.72 Å². The van der Waals surface area contributed by atoms with E-state index >= 15 is 0 Å². The van der Waals surface area contributed by atoms with Gasteiger partial charge >= 0.3 is 0 Å². The number of amides is 2. The highest BCUT2D eigenvalue weighted by Crippen LogP contribution is 2.29. The number of hydrogen-bond donors (Lipinski definition) is 1. The van der Waals surface area contributed by atoms with Crippen LogP contribution >= 0.6 is 0 Å². The van der Waals surface area contributed by atoms with Crippen LogP contribution in [0.1, 0.15) is 28.8 Å². The van der Waals surface area contributed by atoms with Gasteiger partial charge in [0, 0.05) is 30.0 Å². The zero-order valence-corrected chi connectivity index (χ0v) is 20.5. The maximum atomic E-state index is 13.7. The second kappa shape index (κ2) is 10.2. The number of rotatable bonds is 5. The summed E-state index contributed by atoms with van der Waals surface area (Å²) >= 11 is 0. The Morgan fingerprint density at radius 3 is 2.39 bits per heavy atom. The largest absolute Gasteiger partial charge is 0.495 e. The Morgan fingerprint density at radius 1 is 0.944 bits per heavy atom. The number of anilines is 1. The summed E-state index contributed by atoms with van der Waals surface area (Å²) in [6, 6.07) is 25.2. The molecule has 0 radical (unpaired) electrons. The highest BCUT2D eigenvalue weighted by molar-refractivity contribution is 6.07. The molecular formula is C30H29N3O3. The summed E-state index contributed by atoms with van der Waals surface area (Å²) in [6.07, 6.45) is 1.22. The maximum Gasteiger partial charge on any atom is 0.254 e. The molecule has 4 aromatic rings. The smallest absolute Gasteiger partial charge is 0.254 e. The van der Waals surface area contributed by atoms with Crippen molar-refractivity contribution < 1.29 is 14.3 Å². The zero-order valence-electron chi connectivity index (χ0n) is 20.5. The van der Waals surface area contributed by atoms with Gasteiger partial charge in [-0.25, -0.2) is 4.98 Å². The number of likely N-dealkylation sites (tertiary alicyclic amines) is 1. The number of pyridine rings is 1. The van der Waals surface area contributed by atoms with Gasteiger partial charge in [-0.1, -0.05) is 60.2 Å². The van der Waals surface area contributed by atoms with E-state index in [-0.39, 0.29) is 17.7 Å². The number of aromatic nitrogens is 1. The molecule has 5 rings (SSSR count). The standard InChI is InChI=1S/C30H29N3O3/c1-20-11-13-21(14-12-20)27-19-24(23-7-3-4-8-25(23)31-27)30(35)33-17-15-22(16-18-33)29(34)32-26-9-5-6-10-28(26)36-2/h3-14,19,22H,15-18H2,1-2H3,(H,32,34). The van der Waals surface area contributed by atoms with Gasteiger partial charge in [-0.2, -0.15) is 0 Å². The lowest BCUT2D eigenvalue weighted by Gasteiger charge is -2.31. The summed E-state index contributed by atoms with van der Waals surface area (Å²) in [4.78, 5) is 33.3. The second-order valence-corrected chi connectivity index (χ2v) is 9.19. The molecule has 182 valence electrons. The van der Waals surface area contributed by atoms with Gasteiger partial charge in [-0.3, -0.25) is 9.59 Å². The maximum absolute atomic E-state index is 13.7. The molecule has 3 aromatic carbocycles. The molecule has 1 fully saturated rings. The van der Waals surface area contributed by atoms with E-state index in [1.165, 1.54) is 5.56 Å². The summed E-state index contributed by atoms with van der Waals surface area (Å²) in [5.74, 6) is 0.414. The lowest BCUT2D eigenvalue weighted by molar-refractivity contribution is -0.121. The highest BCUT2D eigenvalue weighted by atomic mass is 16.5. The van der Waals surface area contributed by atoms with Gasteiger partial charge in [0.25, 0.3) is 5.91 Å². The molecule has 36 heavy (non-hydrogen) atoms. The minimum Gasteiger partial charge on any atom is -0.495 e. The van der Waals surface area contributed by atoms with Crippen molar-refractivity contribution in [3.05, 3.63) is 90.0 Å². The molecule has 0 saturated carbocycles. The number of nitrogens with zero attached hydrogens (tertiary/aromatic N) is 2. The summed E-state index contributed by atoms with van der Waals surface area (Å²) in [6.45, 7) is 3.10. The molecule has 1 N–H and O–H groups in total. The van der Waals surface area contributed by atoms with Gasteiger partial charge < -0.3 is 15.0 Å². The molecule has 6 nitrogen and oxygen atoms in total. The third-order valence-corrected chi connectivity index (χ3v) is 6.81. The SMILES string of the molecule is COc1ccccc1NC(=O)C1CCN(C(=O)c2cc(-c3ccc(C)cc3)nc3ccccc23)CC1. The van der Waals surface area contributed by atoms with Crippen molar-refractivity contribution in [2.75, 3.05) is 25.5 Å². The predicted molar refractivity (Wildman–Crippen MR) is 142 cm³/mol. The van der Waals surface area contributed by atoms with Crippen LogP contribution in [0.4, 0.5) is 5.69 Å². The van der Waals surface area contributed by atoms with E-state index in [9.17, 15) is 9.59 Å². The molecule has 1 saturated heterocycles. The van der Waals surface area contributed by atoms with Crippen LogP contribution in [0.5, 0.6) is 5.75 Å². The van der Waals surface area contributed by atoms with Crippen molar-refractivity contribution in [1.29, 1.82) is 0 Å². The number of aryl methyl sites for hydroxylation is 1. The van der Waals surface area contributed by atoms with E-state index in [1.807, 2.05) is 78.6 Å². The van der Waals surface area contributed by atoms with E-state index in [0.717, 1.165) is 22.2 Å². The van der Waals surface area contributed by atoms with E-state index in [2.05, 4.69) is 17.4 Å². The van der Waals surface area contributed by atoms with Crippen LogP contribution in [0.2, 0.25) is 0 Å². The predicted octanol–water partition coefficient (Wildman–Crippen LogP) is 5.71. The number of methoxy groups -OCH3 is 1. The first-order valence-electron chi connectivity index (χ1n) is 12.2. The summed E-state index contributed by atoms with van der Waals surface area (Å²) in [7, 11) is 1.59. The molecule has 0 aliphatic carbocycles. The molecule has 0 unspecified atom stereocenters. The first-order valence-corrected chi connectivity index (χ1v) is 12.2. The van der Waals surface area contributed by atoms with Gasteiger partial charge in [0.05, 0.1) is 29.6 Å². The highest BCUT2D eigenvalue weighted by Gasteiger charge is 2.29. The minimum atomic E-state index is -0.156. The average Bonchev–Trinajstić information content (AvgIpc) is 2.93. The van der Waals surface area contributed by atoms with Gasteiger partial charge in [0.2, 0.25) is 5.91 Å². The Balaban J connectivity index is 1.34. The number of para-hydroxylation sites is 3. The number of benzene rings is 3. The van der Waals surface area contributed by atoms with Crippen LogP contribution in [-0.4, -0.2) is 41.9 Å². The average molecular weight is 480 g/mol. The second-order valence-electron chi connectivity index (χ2n) is 9.19. The van der Waals surface area contributed by atoms with Crippen molar-refractivity contribution in [3.63, 3.8) is 0 Å². The normalized spacial score (nSPS) is 14.0. The Morgan fingerprint density at radius 2 is 1.64 bits per heavy atom. The minimum absolute atomic E-state index is 0.0226. The van der Waals surface area contributed by atoms with Crippen LogP contribution < -0.4 is 10.1 Å². The van der Waals surface area contributed by atoms with Gasteiger partial charge in [-0.15, -0.1) is 0 Å². The Hall–Kier alpha value is -4.19. The van der Waals surface area contributed by atoms with E-state index in [0.29, 0.717) is 42.9 Å². The van der Waals surface area contributed by atoms with Crippen molar-refractivity contribution in [2.45, 2.75) is 19.8 Å². The van der Waals surface area contributed by atoms with Crippen molar-refractivity contribution in [3.8, 4) is 17.0 Å². The topological polar surface area (TPSA) is 71.5 Å². The monoisotopic (exact) mass is 479 g/mol. The van der Waals surface area contributed by atoms with Gasteiger partial charge in [-0.05, 0) is 44.0 Å². The molecule has 1 aliphatic rings. The van der Waals surface area contributed by atoms with Crippen molar-refractivity contribution in [1.82, 2.24) is 9.88 Å². The first-order chi connectivity index (χ1) is 17.5. The molecule has 1 aromatic heterocycles. The lowest BCUT2D eigenvalue weighted by atomic mass is 9.94. The number of ether oxygens (including phenoxy) is 1. The van der Waals surface area contributed by atoms with Gasteiger partial charge in [0.1, 0.15) is 5.75 Å². The molecule has 2 heterocycles. The molecular weight excluding hydrogens is 450 g/mol. The van der Waals surface area contributed by atoms with Crippen LogP contribution in [0, 0.1) is 12.8 Å². The molecule has 0 spiro atoms. The summed E-state index contributed by atoms with van der Waals surface area (Å²) in [5.41, 5.74) is 5.04. The number of fused-ring (bicyclic) bond motifs is 1. The third kappa shape index (κ3) is 4.80. The molecule has 2 amide bonds. The van der Waals surface area contributed by atoms with Crippen LogP contribution in [0.15, 0.2) is 78.9 Å². The molecule has 6 heteroatoms. The van der Waals surface area contributed by atoms with Gasteiger partial charge in [0.15, 0.2) is 0 Å². The number of nitrogens with one attached hydrogen (secondary N) is 1. The quantitative estimate of drug-likeness (QED) is 0.398. The summed E-state index contributed by atoms with van der Waals surface area (Å²) < 4.78 is 5.34. The Labute approximate surface area is 210 Å². The fourth-order valence-electron chi connectivity index (χ4n) is 4.72. The number of carbonyl (C=O) groups excluding carboxylic acids is 2. The van der Waals surface area contributed by atoms with E-state index in [1.54, 1.807) is 7.11 Å². The molecule has 1 aliphatic heterocycles. The van der Waals surface area contributed by atoms with Crippen molar-refractivity contribution in [2.24, 2.45) is 5.92 Å². The van der Waals surface area contributed by atoms with Crippen LogP contribution in [0.3, 0.4) is 0 Å². The fraction of sp³-hybridized carbons (Fsp3) is 0.233. The third-order valence-electron chi connectivity index (χ3n) is 6.81. The number of hydrogen-bond acceptors (Lipinski definition) is 4. The zero-order chi connectivity index (χ0) is 25.1. The molecule has 0 atom stereocenters. The van der Waals surface area contributed by atoms with E-state index < -0.39 is 0 Å².